The molecule has 0 spiro atoms. The third-order valence-electron chi connectivity index (χ3n) is 3.31. The van der Waals surface area contributed by atoms with Crippen LogP contribution in [0.1, 0.15) is 32.6 Å². The minimum absolute atomic E-state index is 0.197. The van der Waals surface area contributed by atoms with Crippen molar-refractivity contribution in [2.24, 2.45) is 11.8 Å². The van der Waals surface area contributed by atoms with E-state index in [1.54, 1.807) is 0 Å². The highest BCUT2D eigenvalue weighted by molar-refractivity contribution is 5.28. The highest BCUT2D eigenvalue weighted by Crippen LogP contribution is 2.28. The van der Waals surface area contributed by atoms with E-state index in [0.29, 0.717) is 5.92 Å². The Kier molecular flexibility index (Phi) is 3.61. The summed E-state index contributed by atoms with van der Waals surface area (Å²) in [7, 11) is 0. The van der Waals surface area contributed by atoms with Gasteiger partial charge < -0.3 is 5.32 Å². The van der Waals surface area contributed by atoms with Crippen LogP contribution in [0.5, 0.6) is 0 Å². The molecule has 2 atom stereocenters. The molecule has 1 saturated carbocycles. The number of nitrogens with one attached hydrogen (secondary N) is 3. The molecule has 1 fully saturated rings. The van der Waals surface area contributed by atoms with Crippen LogP contribution in [0.2, 0.25) is 0 Å². The van der Waals surface area contributed by atoms with E-state index in [4.69, 9.17) is 0 Å². The summed E-state index contributed by atoms with van der Waals surface area (Å²) in [5.41, 5.74) is -1.04. The van der Waals surface area contributed by atoms with Crippen LogP contribution in [0, 0.1) is 11.8 Å². The van der Waals surface area contributed by atoms with Gasteiger partial charge in [-0.25, -0.2) is 9.89 Å². The molecule has 1 aliphatic rings. The summed E-state index contributed by atoms with van der Waals surface area (Å²) < 4.78 is 0. The number of aromatic amines is 2. The van der Waals surface area contributed by atoms with Crippen molar-refractivity contribution in [2.75, 3.05) is 11.9 Å². The Morgan fingerprint density at radius 3 is 2.94 bits per heavy atom. The monoisotopic (exact) mass is 238 g/mol. The Morgan fingerprint density at radius 2 is 2.24 bits per heavy atom. The van der Waals surface area contributed by atoms with Crippen molar-refractivity contribution < 1.29 is 0 Å². The molecular weight excluding hydrogens is 220 g/mol. The molecule has 6 nitrogen and oxygen atoms in total. The van der Waals surface area contributed by atoms with Crippen molar-refractivity contribution in [2.45, 2.75) is 32.6 Å². The van der Waals surface area contributed by atoms with Crippen LogP contribution in [0.15, 0.2) is 9.59 Å². The van der Waals surface area contributed by atoms with Gasteiger partial charge in [0, 0.05) is 6.54 Å². The molecule has 1 aromatic rings. The second-order valence-electron chi connectivity index (χ2n) is 4.87. The van der Waals surface area contributed by atoms with Crippen LogP contribution in [-0.4, -0.2) is 21.7 Å². The average Bonchev–Trinajstić information content (AvgIpc) is 2.28. The number of nitrogens with zero attached hydrogens (tertiary/aromatic N) is 1. The predicted octanol–water partition coefficient (Wildman–Crippen LogP) is 0.696. The van der Waals surface area contributed by atoms with E-state index in [1.165, 1.54) is 25.7 Å². The van der Waals surface area contributed by atoms with E-state index < -0.39 is 11.2 Å². The number of hydrogen-bond acceptors (Lipinski definition) is 4. The fourth-order valence-corrected chi connectivity index (χ4v) is 2.45. The van der Waals surface area contributed by atoms with Gasteiger partial charge in [-0.05, 0) is 24.7 Å². The fourth-order valence-electron chi connectivity index (χ4n) is 2.45. The predicted molar refractivity (Wildman–Crippen MR) is 65.1 cm³/mol. The summed E-state index contributed by atoms with van der Waals surface area (Å²) in [6.45, 7) is 3.00. The van der Waals surface area contributed by atoms with Crippen molar-refractivity contribution in [3.63, 3.8) is 0 Å². The summed E-state index contributed by atoms with van der Waals surface area (Å²) in [5, 5.41) is 8.91. The van der Waals surface area contributed by atoms with Crippen molar-refractivity contribution in [1.82, 2.24) is 15.2 Å². The minimum Gasteiger partial charge on any atom is -0.364 e. The first-order chi connectivity index (χ1) is 8.15. The number of hydrogen-bond donors (Lipinski definition) is 3. The van der Waals surface area contributed by atoms with E-state index in [0.717, 1.165) is 12.5 Å². The highest BCUT2D eigenvalue weighted by Gasteiger charge is 2.18. The maximum Gasteiger partial charge on any atom is 0.342 e. The lowest BCUT2D eigenvalue weighted by molar-refractivity contribution is 0.293. The minimum atomic E-state index is -0.577. The first-order valence-electron chi connectivity index (χ1n) is 6.08. The third kappa shape index (κ3) is 3.18. The van der Waals surface area contributed by atoms with Gasteiger partial charge in [0.25, 0.3) is 5.56 Å². The number of H-pyrrole nitrogens is 2. The fraction of sp³-hybridized carbons (Fsp3) is 0.727. The Bertz CT molecular complexity index is 479. The molecule has 0 aliphatic heterocycles. The molecule has 17 heavy (non-hydrogen) atoms. The van der Waals surface area contributed by atoms with Crippen molar-refractivity contribution in [1.29, 1.82) is 0 Å². The quantitative estimate of drug-likeness (QED) is 0.722. The molecule has 1 heterocycles. The number of rotatable bonds is 3. The van der Waals surface area contributed by atoms with Crippen molar-refractivity contribution >= 4 is 5.82 Å². The molecule has 2 rings (SSSR count). The summed E-state index contributed by atoms with van der Waals surface area (Å²) in [4.78, 5) is 24.3. The maximum atomic E-state index is 11.4. The van der Waals surface area contributed by atoms with E-state index >= 15 is 0 Å². The molecule has 6 heteroatoms. The summed E-state index contributed by atoms with van der Waals surface area (Å²) >= 11 is 0. The molecule has 1 aliphatic carbocycles. The topological polar surface area (TPSA) is 90.6 Å². The Hall–Kier alpha value is -1.59. The van der Waals surface area contributed by atoms with Gasteiger partial charge in [-0.15, -0.1) is 5.10 Å². The summed E-state index contributed by atoms with van der Waals surface area (Å²) in [6.07, 6.45) is 4.93. The van der Waals surface area contributed by atoms with Gasteiger partial charge in [0.15, 0.2) is 0 Å². The lowest BCUT2D eigenvalue weighted by Gasteiger charge is -2.26. The van der Waals surface area contributed by atoms with Gasteiger partial charge in [-0.2, -0.15) is 0 Å². The van der Waals surface area contributed by atoms with Crippen molar-refractivity contribution in [3.05, 3.63) is 20.8 Å². The smallest absolute Gasteiger partial charge is 0.342 e. The van der Waals surface area contributed by atoms with Gasteiger partial charge in [0.2, 0.25) is 5.82 Å². The molecule has 0 saturated heterocycles. The van der Waals surface area contributed by atoms with Crippen molar-refractivity contribution in [3.8, 4) is 0 Å². The van der Waals surface area contributed by atoms with Gasteiger partial charge in [0.1, 0.15) is 0 Å². The molecule has 94 valence electrons. The second-order valence-corrected chi connectivity index (χ2v) is 4.87. The average molecular weight is 238 g/mol. The van der Waals surface area contributed by atoms with Crippen LogP contribution in [0.4, 0.5) is 5.82 Å². The zero-order chi connectivity index (χ0) is 12.3. The van der Waals surface area contributed by atoms with Crippen LogP contribution in [-0.2, 0) is 0 Å². The molecular formula is C11H18N4O2. The third-order valence-corrected chi connectivity index (χ3v) is 3.31. The van der Waals surface area contributed by atoms with Gasteiger partial charge >= 0.3 is 5.69 Å². The van der Waals surface area contributed by atoms with Crippen LogP contribution in [0.25, 0.3) is 0 Å². The Labute approximate surface area is 98.8 Å². The first-order valence-corrected chi connectivity index (χ1v) is 6.08. The van der Waals surface area contributed by atoms with E-state index in [9.17, 15) is 9.59 Å². The van der Waals surface area contributed by atoms with Crippen LogP contribution < -0.4 is 16.6 Å². The molecule has 0 amide bonds. The van der Waals surface area contributed by atoms with E-state index in [2.05, 4.69) is 27.4 Å². The standard InChI is InChI=1S/C11H18N4O2/c1-7-3-2-4-8(5-7)6-12-9-10(16)13-11(17)15-14-9/h7-8H,2-6H2,1H3,(H,12,14)(H2,13,15,16,17). The van der Waals surface area contributed by atoms with Crippen LogP contribution >= 0.6 is 0 Å². The largest absolute Gasteiger partial charge is 0.364 e. The lowest BCUT2D eigenvalue weighted by atomic mass is 9.82. The molecule has 0 aromatic carbocycles. The zero-order valence-electron chi connectivity index (χ0n) is 9.95. The SMILES string of the molecule is CC1CCCC(CNc2n[nH]c(=O)[nH]c2=O)C1. The van der Waals surface area contributed by atoms with E-state index in [-0.39, 0.29) is 5.82 Å². The molecule has 2 unspecified atom stereocenters. The Balaban J connectivity index is 1.93. The van der Waals surface area contributed by atoms with Gasteiger partial charge in [0.05, 0.1) is 0 Å². The first kappa shape index (κ1) is 11.9. The van der Waals surface area contributed by atoms with Crippen LogP contribution in [0.3, 0.4) is 0 Å². The molecule has 0 bridgehead atoms. The van der Waals surface area contributed by atoms with Gasteiger partial charge in [-0.3, -0.25) is 9.78 Å². The maximum absolute atomic E-state index is 11.4. The zero-order valence-corrected chi connectivity index (χ0v) is 9.95. The molecule has 1 aromatic heterocycles. The number of anilines is 1. The van der Waals surface area contributed by atoms with E-state index in [1.807, 2.05) is 0 Å². The Morgan fingerprint density at radius 1 is 1.41 bits per heavy atom. The molecule has 3 N–H and O–H groups in total. The summed E-state index contributed by atoms with van der Waals surface area (Å²) in [6, 6.07) is 0. The molecule has 0 radical (unpaired) electrons. The van der Waals surface area contributed by atoms with Gasteiger partial charge in [-0.1, -0.05) is 19.8 Å². The second kappa shape index (κ2) is 5.16. The summed E-state index contributed by atoms with van der Waals surface area (Å²) in [5.74, 6) is 1.55. The normalized spacial score (nSPS) is 24.5. The number of aromatic nitrogens is 3. The highest BCUT2D eigenvalue weighted by atomic mass is 16.2. The lowest BCUT2D eigenvalue weighted by Crippen LogP contribution is -2.29.